The van der Waals surface area contributed by atoms with Gasteiger partial charge in [0.2, 0.25) is 0 Å². The molecule has 2 unspecified atom stereocenters. The van der Waals surface area contributed by atoms with Crippen LogP contribution in [0.15, 0.2) is 23.3 Å². The zero-order valence-electron chi connectivity index (χ0n) is 15.2. The van der Waals surface area contributed by atoms with Gasteiger partial charge in [0.05, 0.1) is 0 Å². The molecule has 0 aromatic rings. The van der Waals surface area contributed by atoms with Crippen LogP contribution in [-0.2, 0) is 0 Å². The van der Waals surface area contributed by atoms with Gasteiger partial charge < -0.3 is 0 Å². The Morgan fingerprint density at radius 2 is 1.14 bits per heavy atom. The second-order valence-corrected chi connectivity index (χ2v) is 7.77. The minimum Gasteiger partial charge on any atom is -0.0808 e. The number of allylic oxidation sites excluding steroid dienone is 4. The quantitative estimate of drug-likeness (QED) is 0.345. The number of hydrogen-bond acceptors (Lipinski definition) is 0. The molecule has 0 spiro atoms. The normalized spacial score (nSPS) is 24.6. The van der Waals surface area contributed by atoms with Crippen molar-refractivity contribution in [2.75, 3.05) is 0 Å². The molecule has 2 rings (SSSR count). The molecule has 0 saturated carbocycles. The SMILES string of the molecule is CCCCCCC1CC=C(C2=CCC(CCCCCC)C2)C1. The molecule has 0 nitrogen and oxygen atoms in total. The largest absolute Gasteiger partial charge is 0.0808 e. The molecule has 0 heterocycles. The molecule has 0 radical (unpaired) electrons. The molecule has 0 bridgehead atoms. The summed E-state index contributed by atoms with van der Waals surface area (Å²) in [5.41, 5.74) is 3.47. The average molecular weight is 303 g/mol. The summed E-state index contributed by atoms with van der Waals surface area (Å²) >= 11 is 0. The van der Waals surface area contributed by atoms with Crippen LogP contribution in [0.25, 0.3) is 0 Å². The Morgan fingerprint density at radius 3 is 1.55 bits per heavy atom. The summed E-state index contributed by atoms with van der Waals surface area (Å²) in [5.74, 6) is 1.94. The highest BCUT2D eigenvalue weighted by atomic mass is 14.3. The van der Waals surface area contributed by atoms with Gasteiger partial charge >= 0.3 is 0 Å². The van der Waals surface area contributed by atoms with E-state index in [-0.39, 0.29) is 0 Å². The van der Waals surface area contributed by atoms with Gasteiger partial charge in [-0.2, -0.15) is 0 Å². The first-order valence-corrected chi connectivity index (χ1v) is 10.2. The fraction of sp³-hybridized carbons (Fsp3) is 0.818. The van der Waals surface area contributed by atoms with E-state index < -0.39 is 0 Å². The number of unbranched alkanes of at least 4 members (excludes halogenated alkanes) is 6. The van der Waals surface area contributed by atoms with E-state index in [9.17, 15) is 0 Å². The molecular weight excluding hydrogens is 264 g/mol. The molecule has 2 atom stereocenters. The standard InChI is InChI=1S/C22H38/c1-3-5-7-9-11-19-13-15-21(17-19)22-16-14-20(18-22)12-10-8-6-4-2/h15-16,19-20H,3-14,17-18H2,1-2H3. The lowest BCUT2D eigenvalue weighted by Gasteiger charge is -2.12. The molecule has 0 aliphatic heterocycles. The van der Waals surface area contributed by atoms with Crippen LogP contribution < -0.4 is 0 Å². The molecule has 22 heavy (non-hydrogen) atoms. The van der Waals surface area contributed by atoms with E-state index in [0.29, 0.717) is 0 Å². The van der Waals surface area contributed by atoms with Crippen molar-refractivity contribution in [2.45, 2.75) is 104 Å². The van der Waals surface area contributed by atoms with E-state index in [2.05, 4.69) is 26.0 Å². The van der Waals surface area contributed by atoms with E-state index in [0.717, 1.165) is 11.8 Å². The Kier molecular flexibility index (Phi) is 8.34. The Morgan fingerprint density at radius 1 is 0.682 bits per heavy atom. The maximum Gasteiger partial charge on any atom is -0.0248 e. The van der Waals surface area contributed by atoms with Gasteiger partial charge in [0, 0.05) is 0 Å². The first-order chi connectivity index (χ1) is 10.8. The molecule has 0 aromatic heterocycles. The van der Waals surface area contributed by atoms with Crippen LogP contribution >= 0.6 is 0 Å². The van der Waals surface area contributed by atoms with Crippen molar-refractivity contribution in [3.8, 4) is 0 Å². The third kappa shape index (κ3) is 5.94. The highest BCUT2D eigenvalue weighted by Crippen LogP contribution is 2.40. The van der Waals surface area contributed by atoms with Gasteiger partial charge in [-0.1, -0.05) is 77.4 Å². The van der Waals surface area contributed by atoms with Crippen LogP contribution in [-0.4, -0.2) is 0 Å². The lowest BCUT2D eigenvalue weighted by Crippen LogP contribution is -1.98. The molecule has 0 aromatic carbocycles. The van der Waals surface area contributed by atoms with Crippen LogP contribution in [0.3, 0.4) is 0 Å². The van der Waals surface area contributed by atoms with Crippen LogP contribution in [0, 0.1) is 11.8 Å². The van der Waals surface area contributed by atoms with Gasteiger partial charge in [-0.3, -0.25) is 0 Å². The molecule has 0 saturated heterocycles. The molecule has 0 fully saturated rings. The van der Waals surface area contributed by atoms with Gasteiger partial charge in [-0.05, 0) is 61.5 Å². The van der Waals surface area contributed by atoms with E-state index in [1.54, 1.807) is 11.1 Å². The molecule has 2 aliphatic rings. The van der Waals surface area contributed by atoms with E-state index in [4.69, 9.17) is 0 Å². The van der Waals surface area contributed by atoms with Crippen molar-refractivity contribution in [2.24, 2.45) is 11.8 Å². The predicted molar refractivity (Wildman–Crippen MR) is 99.1 cm³/mol. The van der Waals surface area contributed by atoms with E-state index >= 15 is 0 Å². The first kappa shape index (κ1) is 17.8. The van der Waals surface area contributed by atoms with Crippen molar-refractivity contribution in [3.63, 3.8) is 0 Å². The zero-order valence-corrected chi connectivity index (χ0v) is 15.2. The van der Waals surface area contributed by atoms with E-state index in [1.807, 2.05) is 0 Å². The predicted octanol–water partition coefficient (Wildman–Crippen LogP) is 7.60. The van der Waals surface area contributed by atoms with E-state index in [1.165, 1.54) is 89.9 Å². The van der Waals surface area contributed by atoms with Crippen molar-refractivity contribution < 1.29 is 0 Å². The van der Waals surface area contributed by atoms with Crippen molar-refractivity contribution in [1.29, 1.82) is 0 Å². The van der Waals surface area contributed by atoms with Crippen LogP contribution in [0.4, 0.5) is 0 Å². The maximum absolute atomic E-state index is 2.58. The first-order valence-electron chi connectivity index (χ1n) is 10.2. The average Bonchev–Trinajstić information content (AvgIpc) is 3.17. The topological polar surface area (TPSA) is 0 Å². The van der Waals surface area contributed by atoms with Crippen molar-refractivity contribution in [1.82, 2.24) is 0 Å². The minimum atomic E-state index is 0.969. The fourth-order valence-corrected chi connectivity index (χ4v) is 4.26. The van der Waals surface area contributed by atoms with Gasteiger partial charge in [0.25, 0.3) is 0 Å². The van der Waals surface area contributed by atoms with Gasteiger partial charge in [-0.25, -0.2) is 0 Å². The highest BCUT2D eigenvalue weighted by molar-refractivity contribution is 5.36. The Hall–Kier alpha value is -0.520. The molecule has 0 N–H and O–H groups in total. The number of hydrogen-bond donors (Lipinski definition) is 0. The second-order valence-electron chi connectivity index (χ2n) is 7.77. The summed E-state index contributed by atoms with van der Waals surface area (Å²) in [4.78, 5) is 0. The summed E-state index contributed by atoms with van der Waals surface area (Å²) < 4.78 is 0. The molecule has 0 amide bonds. The Bertz CT molecular complexity index is 324. The summed E-state index contributed by atoms with van der Waals surface area (Å²) in [6, 6.07) is 0. The highest BCUT2D eigenvalue weighted by Gasteiger charge is 2.24. The molecule has 0 heteroatoms. The van der Waals surface area contributed by atoms with Gasteiger partial charge in [0.15, 0.2) is 0 Å². The minimum absolute atomic E-state index is 0.969. The fourth-order valence-electron chi connectivity index (χ4n) is 4.26. The third-order valence-electron chi connectivity index (χ3n) is 5.76. The Labute approximate surface area is 139 Å². The summed E-state index contributed by atoms with van der Waals surface area (Å²) in [6.45, 7) is 4.61. The summed E-state index contributed by atoms with van der Waals surface area (Å²) in [6.07, 6.45) is 25.0. The van der Waals surface area contributed by atoms with Crippen LogP contribution in [0.1, 0.15) is 104 Å². The van der Waals surface area contributed by atoms with Crippen LogP contribution in [0.2, 0.25) is 0 Å². The lowest BCUT2D eigenvalue weighted by molar-refractivity contribution is 0.467. The second kappa shape index (κ2) is 10.3. The molecular formula is C22H38. The van der Waals surface area contributed by atoms with Gasteiger partial charge in [0.1, 0.15) is 0 Å². The summed E-state index contributed by atoms with van der Waals surface area (Å²) in [7, 11) is 0. The molecule has 2 aliphatic carbocycles. The lowest BCUT2D eigenvalue weighted by atomic mass is 9.93. The van der Waals surface area contributed by atoms with Crippen molar-refractivity contribution >= 4 is 0 Å². The van der Waals surface area contributed by atoms with Crippen molar-refractivity contribution in [3.05, 3.63) is 23.3 Å². The smallest absolute Gasteiger partial charge is 0.0248 e. The third-order valence-corrected chi connectivity index (χ3v) is 5.76. The molecule has 126 valence electrons. The summed E-state index contributed by atoms with van der Waals surface area (Å²) in [5, 5.41) is 0. The zero-order chi connectivity index (χ0) is 15.6. The van der Waals surface area contributed by atoms with Crippen LogP contribution in [0.5, 0.6) is 0 Å². The Balaban J connectivity index is 1.60. The number of rotatable bonds is 11. The monoisotopic (exact) mass is 302 g/mol. The maximum atomic E-state index is 2.58. The van der Waals surface area contributed by atoms with Gasteiger partial charge in [-0.15, -0.1) is 0 Å².